The lowest BCUT2D eigenvalue weighted by molar-refractivity contribution is -0.111. The van der Waals surface area contributed by atoms with E-state index in [-0.39, 0.29) is 11.5 Å². The van der Waals surface area contributed by atoms with Crippen molar-refractivity contribution in [3.63, 3.8) is 0 Å². The fraction of sp³-hybridized carbons (Fsp3) is 0.0952. The van der Waals surface area contributed by atoms with Crippen molar-refractivity contribution in [1.82, 2.24) is 4.98 Å². The Hall–Kier alpha value is -3.45. The number of hydrogen-bond acceptors (Lipinski definition) is 5. The van der Waals surface area contributed by atoms with E-state index in [1.807, 2.05) is 36.6 Å². The average Bonchev–Trinajstić information content (AvgIpc) is 3.11. The van der Waals surface area contributed by atoms with Crippen molar-refractivity contribution in [3.05, 3.63) is 81.8 Å². The zero-order valence-corrected chi connectivity index (χ0v) is 16.0. The molecule has 0 aliphatic heterocycles. The van der Waals surface area contributed by atoms with E-state index in [1.165, 1.54) is 6.08 Å². The van der Waals surface area contributed by atoms with Crippen molar-refractivity contribution in [2.24, 2.45) is 5.73 Å². The first-order valence-electron chi connectivity index (χ1n) is 8.53. The molecule has 3 rings (SSSR count). The minimum atomic E-state index is -0.594. The van der Waals surface area contributed by atoms with Gasteiger partial charge in [0, 0.05) is 11.5 Å². The van der Waals surface area contributed by atoms with Crippen LogP contribution in [0.5, 0.6) is 5.75 Å². The molecule has 2 amide bonds. The standard InChI is InChI=1S/C21H19N3O3S/c1-14-23-16(13-28-14)12-27-17-9-6-15(7-10-17)8-11-20(25)24-19-5-3-2-4-18(19)21(22)26/h2-11,13H,12H2,1H3,(H2,22,26)(H,24,25)/b11-8+. The number of nitrogens with two attached hydrogens (primary N) is 1. The summed E-state index contributed by atoms with van der Waals surface area (Å²) < 4.78 is 5.70. The fourth-order valence-corrected chi connectivity index (χ4v) is 3.06. The van der Waals surface area contributed by atoms with Crippen LogP contribution in [0.15, 0.2) is 60.0 Å². The van der Waals surface area contributed by atoms with Crippen LogP contribution in [0.25, 0.3) is 6.08 Å². The van der Waals surface area contributed by atoms with Crippen LogP contribution in [0, 0.1) is 6.92 Å². The maximum Gasteiger partial charge on any atom is 0.250 e. The van der Waals surface area contributed by atoms with E-state index in [2.05, 4.69) is 10.3 Å². The highest BCUT2D eigenvalue weighted by Gasteiger charge is 2.08. The van der Waals surface area contributed by atoms with Gasteiger partial charge in [0.05, 0.1) is 22.0 Å². The summed E-state index contributed by atoms with van der Waals surface area (Å²) in [5, 5.41) is 5.64. The number of nitrogens with one attached hydrogen (secondary N) is 1. The van der Waals surface area contributed by atoms with E-state index < -0.39 is 5.91 Å². The highest BCUT2D eigenvalue weighted by molar-refractivity contribution is 7.09. The second kappa shape index (κ2) is 8.96. The molecule has 28 heavy (non-hydrogen) atoms. The summed E-state index contributed by atoms with van der Waals surface area (Å²) in [4.78, 5) is 27.9. The smallest absolute Gasteiger partial charge is 0.250 e. The molecule has 0 atom stereocenters. The second-order valence-electron chi connectivity index (χ2n) is 5.95. The quantitative estimate of drug-likeness (QED) is 0.597. The summed E-state index contributed by atoms with van der Waals surface area (Å²) in [7, 11) is 0. The number of rotatable bonds is 7. The Morgan fingerprint density at radius 3 is 2.61 bits per heavy atom. The summed E-state index contributed by atoms with van der Waals surface area (Å²) in [6, 6.07) is 14.0. The first-order valence-corrected chi connectivity index (χ1v) is 9.41. The van der Waals surface area contributed by atoms with Crippen molar-refractivity contribution >= 4 is 34.9 Å². The van der Waals surface area contributed by atoms with Gasteiger partial charge in [-0.1, -0.05) is 24.3 Å². The molecule has 142 valence electrons. The van der Waals surface area contributed by atoms with Crippen LogP contribution in [0.3, 0.4) is 0 Å². The van der Waals surface area contributed by atoms with Gasteiger partial charge in [-0.3, -0.25) is 9.59 Å². The number of ether oxygens (including phenoxy) is 1. The van der Waals surface area contributed by atoms with Crippen LogP contribution >= 0.6 is 11.3 Å². The highest BCUT2D eigenvalue weighted by Crippen LogP contribution is 2.17. The number of aryl methyl sites for hydroxylation is 1. The summed E-state index contributed by atoms with van der Waals surface area (Å²) in [5.41, 5.74) is 7.70. The Kier molecular flexibility index (Phi) is 6.18. The number of anilines is 1. The summed E-state index contributed by atoms with van der Waals surface area (Å²) >= 11 is 1.59. The topological polar surface area (TPSA) is 94.3 Å². The normalized spacial score (nSPS) is 10.8. The zero-order chi connectivity index (χ0) is 19.9. The van der Waals surface area contributed by atoms with E-state index in [9.17, 15) is 9.59 Å². The number of primary amides is 1. The predicted octanol–water partition coefficient (Wildman–Crippen LogP) is 3.78. The lowest BCUT2D eigenvalue weighted by Crippen LogP contribution is -2.16. The Morgan fingerprint density at radius 1 is 1.18 bits per heavy atom. The SMILES string of the molecule is Cc1nc(COc2ccc(/C=C/C(=O)Nc3ccccc3C(N)=O)cc2)cs1. The molecule has 0 saturated carbocycles. The van der Waals surface area contributed by atoms with Gasteiger partial charge in [0.25, 0.3) is 5.91 Å². The number of carbonyl (C=O) groups is 2. The Bertz CT molecular complexity index is 1010. The molecular weight excluding hydrogens is 374 g/mol. The maximum atomic E-state index is 12.1. The number of benzene rings is 2. The van der Waals surface area contributed by atoms with Crippen molar-refractivity contribution in [3.8, 4) is 5.75 Å². The van der Waals surface area contributed by atoms with Gasteiger partial charge in [-0.15, -0.1) is 11.3 Å². The third-order valence-electron chi connectivity index (χ3n) is 3.81. The predicted molar refractivity (Wildman–Crippen MR) is 110 cm³/mol. The third-order valence-corrected chi connectivity index (χ3v) is 4.63. The lowest BCUT2D eigenvalue weighted by Gasteiger charge is -2.06. The van der Waals surface area contributed by atoms with Gasteiger partial charge in [-0.2, -0.15) is 0 Å². The Balaban J connectivity index is 1.56. The minimum Gasteiger partial charge on any atom is -0.487 e. The van der Waals surface area contributed by atoms with Crippen LogP contribution in [0.4, 0.5) is 5.69 Å². The van der Waals surface area contributed by atoms with Crippen molar-refractivity contribution < 1.29 is 14.3 Å². The molecular formula is C21H19N3O3S. The van der Waals surface area contributed by atoms with Crippen LogP contribution in [0.2, 0.25) is 0 Å². The van der Waals surface area contributed by atoms with Gasteiger partial charge in [0.15, 0.2) is 0 Å². The molecule has 3 N–H and O–H groups in total. The number of carbonyl (C=O) groups excluding carboxylic acids is 2. The average molecular weight is 393 g/mol. The molecule has 0 saturated heterocycles. The van der Waals surface area contributed by atoms with Gasteiger partial charge >= 0.3 is 0 Å². The highest BCUT2D eigenvalue weighted by atomic mass is 32.1. The molecule has 1 aromatic heterocycles. The van der Waals surface area contributed by atoms with Crippen LogP contribution in [0.1, 0.15) is 26.6 Å². The molecule has 0 aliphatic carbocycles. The van der Waals surface area contributed by atoms with Crippen molar-refractivity contribution in [2.75, 3.05) is 5.32 Å². The minimum absolute atomic E-state index is 0.265. The Morgan fingerprint density at radius 2 is 1.93 bits per heavy atom. The van der Waals surface area contributed by atoms with Crippen LogP contribution in [-0.4, -0.2) is 16.8 Å². The maximum absolute atomic E-state index is 12.1. The summed E-state index contributed by atoms with van der Waals surface area (Å²) in [5.74, 6) is -0.223. The molecule has 0 bridgehead atoms. The van der Waals surface area contributed by atoms with E-state index in [0.29, 0.717) is 12.3 Å². The van der Waals surface area contributed by atoms with E-state index in [1.54, 1.807) is 41.7 Å². The van der Waals surface area contributed by atoms with E-state index >= 15 is 0 Å². The second-order valence-corrected chi connectivity index (χ2v) is 7.01. The molecule has 0 aliphatic rings. The van der Waals surface area contributed by atoms with Gasteiger partial charge in [-0.05, 0) is 42.8 Å². The molecule has 7 heteroatoms. The number of aromatic nitrogens is 1. The van der Waals surface area contributed by atoms with Gasteiger partial charge in [0.2, 0.25) is 5.91 Å². The molecule has 6 nitrogen and oxygen atoms in total. The molecule has 1 heterocycles. The fourth-order valence-electron chi connectivity index (χ4n) is 2.46. The zero-order valence-electron chi connectivity index (χ0n) is 15.2. The molecule has 0 radical (unpaired) electrons. The molecule has 0 spiro atoms. The first-order chi connectivity index (χ1) is 13.5. The number of amides is 2. The van der Waals surface area contributed by atoms with Gasteiger partial charge in [0.1, 0.15) is 12.4 Å². The van der Waals surface area contributed by atoms with E-state index in [4.69, 9.17) is 10.5 Å². The third kappa shape index (κ3) is 5.28. The molecule has 3 aromatic rings. The molecule has 2 aromatic carbocycles. The largest absolute Gasteiger partial charge is 0.487 e. The summed E-state index contributed by atoms with van der Waals surface area (Å²) in [6.07, 6.45) is 3.07. The Labute approximate surface area is 166 Å². The number of thiazole rings is 1. The number of hydrogen-bond donors (Lipinski definition) is 2. The van der Waals surface area contributed by atoms with Gasteiger partial charge in [-0.25, -0.2) is 4.98 Å². The van der Waals surface area contributed by atoms with Crippen molar-refractivity contribution in [2.45, 2.75) is 13.5 Å². The lowest BCUT2D eigenvalue weighted by atomic mass is 10.1. The number of para-hydroxylation sites is 1. The molecule has 0 fully saturated rings. The van der Waals surface area contributed by atoms with Crippen molar-refractivity contribution in [1.29, 1.82) is 0 Å². The summed E-state index contributed by atoms with van der Waals surface area (Å²) in [6.45, 7) is 2.37. The van der Waals surface area contributed by atoms with Gasteiger partial charge < -0.3 is 15.8 Å². The van der Waals surface area contributed by atoms with Crippen LogP contribution in [-0.2, 0) is 11.4 Å². The number of nitrogens with zero attached hydrogens (tertiary/aromatic N) is 1. The van der Waals surface area contributed by atoms with E-state index in [0.717, 1.165) is 22.0 Å². The molecule has 0 unspecified atom stereocenters. The first kappa shape index (κ1) is 19.3. The monoisotopic (exact) mass is 393 g/mol. The van der Waals surface area contributed by atoms with Crippen LogP contribution < -0.4 is 15.8 Å².